The topological polar surface area (TPSA) is 115 Å². The van der Waals surface area contributed by atoms with Crippen LogP contribution < -0.4 is 20.0 Å². The number of aromatic nitrogens is 4. The van der Waals surface area contributed by atoms with E-state index >= 15 is 0 Å². The number of phenols is 1. The highest BCUT2D eigenvalue weighted by Crippen LogP contribution is 2.49. The molecule has 0 amide bonds. The summed E-state index contributed by atoms with van der Waals surface area (Å²) in [5, 5.41) is 15.6. The third kappa shape index (κ3) is 3.92. The molecule has 0 fully saturated rings. The maximum Gasteiger partial charge on any atom is 0.344 e. The van der Waals surface area contributed by atoms with Crippen LogP contribution in [0.5, 0.6) is 23.1 Å². The summed E-state index contributed by atoms with van der Waals surface area (Å²) in [4.78, 5) is 25.0. The van der Waals surface area contributed by atoms with E-state index in [-0.39, 0.29) is 5.75 Å². The second kappa shape index (κ2) is 9.34. The molecule has 0 radical (unpaired) electrons. The van der Waals surface area contributed by atoms with E-state index < -0.39 is 11.5 Å². The third-order valence-corrected chi connectivity index (χ3v) is 7.82. The third-order valence-electron chi connectivity index (χ3n) is 7.19. The van der Waals surface area contributed by atoms with Crippen LogP contribution in [-0.2, 0) is 0 Å². The minimum atomic E-state index is -0.625. The monoisotopic (exact) mass is 611 g/mol. The second-order valence-electron chi connectivity index (χ2n) is 9.82. The van der Waals surface area contributed by atoms with E-state index in [2.05, 4.69) is 26.0 Å². The molecule has 1 unspecified atom stereocenters. The zero-order valence-corrected chi connectivity index (χ0v) is 23.7. The molecule has 7 rings (SSSR count). The van der Waals surface area contributed by atoms with Crippen LogP contribution in [0.1, 0.15) is 22.6 Å². The van der Waals surface area contributed by atoms with Gasteiger partial charge in [0.15, 0.2) is 28.7 Å². The molecule has 0 aliphatic carbocycles. The minimum absolute atomic E-state index is 0.0329. The minimum Gasteiger partial charge on any atom is -0.504 e. The Bertz CT molecular complexity index is 2070. The SMILES string of the molecule is COc1ccc(-c2nc3c4c(ncn3n2)Oc2c(c(=O)oc3ccccc23)C4c2ccc(N(C)C)c(Br)c2)cc1O. The van der Waals surface area contributed by atoms with Crippen LogP contribution in [0.15, 0.2) is 80.7 Å². The van der Waals surface area contributed by atoms with Gasteiger partial charge in [-0.3, -0.25) is 0 Å². The van der Waals surface area contributed by atoms with Gasteiger partial charge in [-0.1, -0.05) is 18.2 Å². The molecule has 0 spiro atoms. The van der Waals surface area contributed by atoms with Crippen molar-refractivity contribution >= 4 is 38.2 Å². The average molecular weight is 612 g/mol. The highest BCUT2D eigenvalue weighted by atomic mass is 79.9. The molecule has 0 saturated heterocycles. The second-order valence-corrected chi connectivity index (χ2v) is 10.7. The van der Waals surface area contributed by atoms with Gasteiger partial charge in [-0.15, -0.1) is 5.10 Å². The summed E-state index contributed by atoms with van der Waals surface area (Å²) in [6.07, 6.45) is 1.52. The highest BCUT2D eigenvalue weighted by molar-refractivity contribution is 9.10. The first-order valence-electron chi connectivity index (χ1n) is 12.7. The molecule has 11 heteroatoms. The molecule has 4 heterocycles. The van der Waals surface area contributed by atoms with Crippen molar-refractivity contribution in [2.24, 2.45) is 0 Å². The van der Waals surface area contributed by atoms with Gasteiger partial charge in [0.1, 0.15) is 11.9 Å². The number of methoxy groups -OCH3 is 1. The summed E-state index contributed by atoms with van der Waals surface area (Å²) < 4.78 is 19.7. The van der Waals surface area contributed by atoms with E-state index in [1.807, 2.05) is 49.3 Å². The van der Waals surface area contributed by atoms with Crippen molar-refractivity contribution in [3.63, 3.8) is 0 Å². The van der Waals surface area contributed by atoms with E-state index in [1.54, 1.807) is 28.8 Å². The number of aromatic hydroxyl groups is 1. The molecule has 1 N–H and O–H groups in total. The maximum absolute atomic E-state index is 13.6. The summed E-state index contributed by atoms with van der Waals surface area (Å²) in [6, 6.07) is 18.1. The summed E-state index contributed by atoms with van der Waals surface area (Å²) in [5.74, 6) is 0.757. The van der Waals surface area contributed by atoms with Crippen LogP contribution in [-0.4, -0.2) is 45.9 Å². The lowest BCUT2D eigenvalue weighted by atomic mass is 9.84. The predicted octanol–water partition coefficient (Wildman–Crippen LogP) is 5.73. The Hall–Kier alpha value is -4.90. The fourth-order valence-corrected chi connectivity index (χ4v) is 6.03. The molecule has 10 nitrogen and oxygen atoms in total. The maximum atomic E-state index is 13.6. The summed E-state index contributed by atoms with van der Waals surface area (Å²) in [5.41, 5.74) is 3.67. The molecular weight excluding hydrogens is 590 g/mol. The molecule has 6 aromatic rings. The predicted molar refractivity (Wildman–Crippen MR) is 156 cm³/mol. The van der Waals surface area contributed by atoms with Gasteiger partial charge < -0.3 is 23.9 Å². The van der Waals surface area contributed by atoms with Gasteiger partial charge in [0.25, 0.3) is 0 Å². The lowest BCUT2D eigenvalue weighted by Crippen LogP contribution is -2.22. The van der Waals surface area contributed by atoms with Gasteiger partial charge in [0, 0.05) is 24.1 Å². The van der Waals surface area contributed by atoms with Crippen molar-refractivity contribution in [3.05, 3.63) is 98.6 Å². The number of rotatable bonds is 4. The molecule has 1 atom stereocenters. The molecule has 0 saturated carbocycles. The van der Waals surface area contributed by atoms with Crippen molar-refractivity contribution in [2.75, 3.05) is 26.1 Å². The number of hydrogen-bond acceptors (Lipinski definition) is 9. The van der Waals surface area contributed by atoms with Gasteiger partial charge in [0.05, 0.1) is 35.2 Å². The van der Waals surface area contributed by atoms with Gasteiger partial charge in [-0.25, -0.2) is 19.3 Å². The van der Waals surface area contributed by atoms with Gasteiger partial charge in [0.2, 0.25) is 5.88 Å². The van der Waals surface area contributed by atoms with Crippen molar-refractivity contribution in [1.82, 2.24) is 19.6 Å². The largest absolute Gasteiger partial charge is 0.504 e. The number of phenolic OH excluding ortho intramolecular Hbond substituents is 1. The fraction of sp³-hybridized carbons (Fsp3) is 0.133. The summed E-state index contributed by atoms with van der Waals surface area (Å²) >= 11 is 3.70. The lowest BCUT2D eigenvalue weighted by Gasteiger charge is -2.28. The molecule has 204 valence electrons. The Kier molecular flexibility index (Phi) is 5.72. The lowest BCUT2D eigenvalue weighted by molar-refractivity contribution is 0.373. The number of hydrogen-bond donors (Lipinski definition) is 1. The van der Waals surface area contributed by atoms with E-state index in [0.29, 0.717) is 56.5 Å². The first-order valence-corrected chi connectivity index (χ1v) is 13.5. The van der Waals surface area contributed by atoms with Crippen LogP contribution in [0.25, 0.3) is 28.0 Å². The van der Waals surface area contributed by atoms with Crippen LogP contribution in [0.3, 0.4) is 0 Å². The Morgan fingerprint density at radius 3 is 2.66 bits per heavy atom. The quantitative estimate of drug-likeness (QED) is 0.249. The van der Waals surface area contributed by atoms with Crippen LogP contribution in [0, 0.1) is 0 Å². The van der Waals surface area contributed by atoms with Gasteiger partial charge in [-0.2, -0.15) is 0 Å². The van der Waals surface area contributed by atoms with E-state index in [9.17, 15) is 9.90 Å². The van der Waals surface area contributed by atoms with Crippen LogP contribution in [0.4, 0.5) is 5.69 Å². The Balaban J connectivity index is 1.51. The number of halogens is 1. The Morgan fingerprint density at radius 2 is 1.90 bits per heavy atom. The molecule has 3 aromatic heterocycles. The van der Waals surface area contributed by atoms with E-state index in [0.717, 1.165) is 15.7 Å². The first kappa shape index (κ1) is 25.1. The number of ether oxygens (including phenoxy) is 2. The van der Waals surface area contributed by atoms with Crippen LogP contribution >= 0.6 is 15.9 Å². The molecular formula is C30H22BrN5O5. The molecule has 0 bridgehead atoms. The summed E-state index contributed by atoms with van der Waals surface area (Å²) in [6.45, 7) is 0. The van der Waals surface area contributed by atoms with E-state index in [1.165, 1.54) is 19.5 Å². The number of nitrogens with zero attached hydrogens (tertiary/aromatic N) is 5. The fourth-order valence-electron chi connectivity index (χ4n) is 5.28. The zero-order chi connectivity index (χ0) is 28.4. The van der Waals surface area contributed by atoms with Crippen molar-refractivity contribution in [1.29, 1.82) is 0 Å². The normalized spacial score (nSPS) is 14.0. The van der Waals surface area contributed by atoms with Gasteiger partial charge in [-0.05, 0) is 64.0 Å². The number of benzene rings is 3. The first-order chi connectivity index (χ1) is 19.8. The molecule has 3 aromatic carbocycles. The number of para-hydroxylation sites is 1. The van der Waals surface area contributed by atoms with Crippen molar-refractivity contribution in [2.45, 2.75) is 5.92 Å². The zero-order valence-electron chi connectivity index (χ0n) is 22.1. The highest BCUT2D eigenvalue weighted by Gasteiger charge is 2.38. The molecule has 1 aliphatic rings. The Labute approximate surface area is 241 Å². The smallest absolute Gasteiger partial charge is 0.344 e. The Morgan fingerprint density at radius 1 is 1.07 bits per heavy atom. The van der Waals surface area contributed by atoms with Crippen molar-refractivity contribution in [3.8, 4) is 34.5 Å². The molecule has 41 heavy (non-hydrogen) atoms. The summed E-state index contributed by atoms with van der Waals surface area (Å²) in [7, 11) is 5.40. The molecule has 1 aliphatic heterocycles. The van der Waals surface area contributed by atoms with E-state index in [4.69, 9.17) is 18.9 Å². The number of anilines is 1. The number of fused-ring (bicyclic) bond motifs is 6. The van der Waals surface area contributed by atoms with Gasteiger partial charge >= 0.3 is 5.63 Å². The average Bonchev–Trinajstić information content (AvgIpc) is 3.41. The van der Waals surface area contributed by atoms with Crippen LogP contribution in [0.2, 0.25) is 0 Å². The van der Waals surface area contributed by atoms with Crippen molar-refractivity contribution < 1.29 is 19.0 Å². The standard InChI is InChI=1S/C30H22BrN5O5/c1-35(2)19-10-8-15(12-18(19)31)23-24-26(17-6-4-5-7-21(17)40-30(24)38)41-29-25(23)28-33-27(34-36(28)14-32-29)16-9-11-22(39-3)20(37)13-16/h4-14,23,37H,1-3H3.